The molecule has 0 amide bonds. The van der Waals surface area contributed by atoms with Crippen LogP contribution in [0, 0.1) is 5.92 Å². The average molecular weight is 239 g/mol. The largest absolute Gasteiger partial charge is 0.368 e. The Kier molecular flexibility index (Phi) is 3.49. The van der Waals surface area contributed by atoms with E-state index < -0.39 is 5.60 Å². The SMILES string of the molecule is CCOC(C)(C)c1noc([C@@H]2CNC[C@H]2C)n1. The number of hydrogen-bond acceptors (Lipinski definition) is 5. The lowest BCUT2D eigenvalue weighted by atomic mass is 9.98. The summed E-state index contributed by atoms with van der Waals surface area (Å²) in [6.07, 6.45) is 0. The fraction of sp³-hybridized carbons (Fsp3) is 0.833. The Morgan fingerprint density at radius 2 is 2.24 bits per heavy atom. The maximum atomic E-state index is 5.62. The summed E-state index contributed by atoms with van der Waals surface area (Å²) < 4.78 is 11.0. The number of hydrogen-bond donors (Lipinski definition) is 1. The van der Waals surface area contributed by atoms with Crippen LogP contribution in [0.25, 0.3) is 0 Å². The van der Waals surface area contributed by atoms with Crippen LogP contribution in [0.15, 0.2) is 4.52 Å². The maximum Gasteiger partial charge on any atom is 0.231 e. The zero-order chi connectivity index (χ0) is 12.5. The van der Waals surface area contributed by atoms with Crippen molar-refractivity contribution in [3.8, 4) is 0 Å². The Morgan fingerprint density at radius 3 is 2.82 bits per heavy atom. The van der Waals surface area contributed by atoms with Gasteiger partial charge in [-0.25, -0.2) is 0 Å². The molecule has 0 unspecified atom stereocenters. The molecule has 0 radical (unpaired) electrons. The molecule has 5 heteroatoms. The summed E-state index contributed by atoms with van der Waals surface area (Å²) in [4.78, 5) is 4.49. The van der Waals surface area contributed by atoms with Gasteiger partial charge in [-0.3, -0.25) is 0 Å². The molecule has 2 atom stereocenters. The van der Waals surface area contributed by atoms with Gasteiger partial charge in [0, 0.05) is 13.2 Å². The van der Waals surface area contributed by atoms with Gasteiger partial charge in [0.25, 0.3) is 0 Å². The van der Waals surface area contributed by atoms with Crippen molar-refractivity contribution in [3.63, 3.8) is 0 Å². The molecular formula is C12H21N3O2. The molecule has 96 valence electrons. The van der Waals surface area contributed by atoms with E-state index in [0.717, 1.165) is 19.0 Å². The Hall–Kier alpha value is -0.940. The van der Waals surface area contributed by atoms with E-state index in [0.29, 0.717) is 24.3 Å². The van der Waals surface area contributed by atoms with Crippen molar-refractivity contribution in [2.45, 2.75) is 39.2 Å². The van der Waals surface area contributed by atoms with Gasteiger partial charge in [-0.15, -0.1) is 0 Å². The molecule has 17 heavy (non-hydrogen) atoms. The molecule has 1 fully saturated rings. The van der Waals surface area contributed by atoms with Gasteiger partial charge in [-0.05, 0) is 33.2 Å². The Labute approximate surface area is 102 Å². The second-order valence-electron chi connectivity index (χ2n) is 5.14. The van der Waals surface area contributed by atoms with E-state index >= 15 is 0 Å². The highest BCUT2D eigenvalue weighted by Gasteiger charge is 2.33. The molecule has 2 rings (SSSR count). The minimum atomic E-state index is -0.480. The highest BCUT2D eigenvalue weighted by atomic mass is 16.5. The standard InChI is InChI=1S/C12H21N3O2/c1-5-16-12(3,4)11-14-10(17-15-11)9-7-13-6-8(9)2/h8-9,13H,5-7H2,1-4H3/t8-,9-/m1/s1. The number of aromatic nitrogens is 2. The molecule has 1 N–H and O–H groups in total. The van der Waals surface area contributed by atoms with Crippen LogP contribution in [-0.2, 0) is 10.3 Å². The molecule has 1 saturated heterocycles. The molecule has 1 aliphatic heterocycles. The fourth-order valence-electron chi connectivity index (χ4n) is 2.20. The van der Waals surface area contributed by atoms with Crippen molar-refractivity contribution in [2.24, 2.45) is 5.92 Å². The van der Waals surface area contributed by atoms with Crippen LogP contribution in [0.2, 0.25) is 0 Å². The van der Waals surface area contributed by atoms with Crippen molar-refractivity contribution in [1.82, 2.24) is 15.5 Å². The summed E-state index contributed by atoms with van der Waals surface area (Å²) in [6.45, 7) is 10.6. The third-order valence-electron chi connectivity index (χ3n) is 3.32. The van der Waals surface area contributed by atoms with Crippen molar-refractivity contribution in [3.05, 3.63) is 11.7 Å². The number of nitrogens with zero attached hydrogens (tertiary/aromatic N) is 2. The Balaban J connectivity index is 2.15. The van der Waals surface area contributed by atoms with E-state index in [4.69, 9.17) is 9.26 Å². The van der Waals surface area contributed by atoms with E-state index in [1.807, 2.05) is 20.8 Å². The van der Waals surface area contributed by atoms with Gasteiger partial charge in [0.15, 0.2) is 0 Å². The minimum absolute atomic E-state index is 0.327. The van der Waals surface area contributed by atoms with Crippen LogP contribution in [0.4, 0.5) is 0 Å². The molecule has 1 aromatic rings. The molecule has 0 aromatic carbocycles. The lowest BCUT2D eigenvalue weighted by Crippen LogP contribution is -2.23. The predicted molar refractivity (Wildman–Crippen MR) is 63.7 cm³/mol. The van der Waals surface area contributed by atoms with Crippen molar-refractivity contribution < 1.29 is 9.26 Å². The predicted octanol–water partition coefficient (Wildman–Crippen LogP) is 1.66. The minimum Gasteiger partial charge on any atom is -0.368 e. The lowest BCUT2D eigenvalue weighted by Gasteiger charge is -2.19. The molecule has 5 nitrogen and oxygen atoms in total. The maximum absolute atomic E-state index is 5.62. The Morgan fingerprint density at radius 1 is 1.47 bits per heavy atom. The summed E-state index contributed by atoms with van der Waals surface area (Å²) >= 11 is 0. The summed E-state index contributed by atoms with van der Waals surface area (Å²) in [7, 11) is 0. The second-order valence-corrected chi connectivity index (χ2v) is 5.14. The third kappa shape index (κ3) is 2.50. The van der Waals surface area contributed by atoms with Gasteiger partial charge in [-0.2, -0.15) is 4.98 Å². The normalized spacial score (nSPS) is 25.4. The van der Waals surface area contributed by atoms with Crippen LogP contribution < -0.4 is 5.32 Å². The van der Waals surface area contributed by atoms with E-state index in [2.05, 4.69) is 22.4 Å². The monoisotopic (exact) mass is 239 g/mol. The molecule has 0 bridgehead atoms. The second kappa shape index (κ2) is 4.74. The van der Waals surface area contributed by atoms with Gasteiger partial charge >= 0.3 is 0 Å². The third-order valence-corrected chi connectivity index (χ3v) is 3.32. The average Bonchev–Trinajstić information content (AvgIpc) is 2.85. The summed E-state index contributed by atoms with van der Waals surface area (Å²) in [5.41, 5.74) is -0.480. The van der Waals surface area contributed by atoms with E-state index in [-0.39, 0.29) is 0 Å². The molecule has 0 saturated carbocycles. The highest BCUT2D eigenvalue weighted by Crippen LogP contribution is 2.29. The fourth-order valence-corrected chi connectivity index (χ4v) is 2.20. The zero-order valence-electron chi connectivity index (χ0n) is 11.0. The van der Waals surface area contributed by atoms with Crippen LogP contribution in [0.1, 0.15) is 45.3 Å². The molecule has 0 spiro atoms. The van der Waals surface area contributed by atoms with Gasteiger partial charge in [0.05, 0.1) is 5.92 Å². The molecular weight excluding hydrogens is 218 g/mol. The van der Waals surface area contributed by atoms with Crippen molar-refractivity contribution in [1.29, 1.82) is 0 Å². The van der Waals surface area contributed by atoms with Gasteiger partial charge in [-0.1, -0.05) is 12.1 Å². The first-order valence-corrected chi connectivity index (χ1v) is 6.23. The van der Waals surface area contributed by atoms with Crippen LogP contribution in [-0.4, -0.2) is 29.8 Å². The van der Waals surface area contributed by atoms with Crippen LogP contribution in [0.5, 0.6) is 0 Å². The van der Waals surface area contributed by atoms with Crippen molar-refractivity contribution in [2.75, 3.05) is 19.7 Å². The first-order valence-electron chi connectivity index (χ1n) is 6.23. The zero-order valence-corrected chi connectivity index (χ0v) is 11.0. The first-order chi connectivity index (χ1) is 8.04. The van der Waals surface area contributed by atoms with Crippen molar-refractivity contribution >= 4 is 0 Å². The van der Waals surface area contributed by atoms with E-state index in [1.54, 1.807) is 0 Å². The topological polar surface area (TPSA) is 60.2 Å². The molecule has 1 aromatic heterocycles. The summed E-state index contributed by atoms with van der Waals surface area (Å²) in [5, 5.41) is 7.38. The molecule has 2 heterocycles. The molecule has 0 aliphatic carbocycles. The highest BCUT2D eigenvalue weighted by molar-refractivity contribution is 5.04. The quantitative estimate of drug-likeness (QED) is 0.866. The van der Waals surface area contributed by atoms with Crippen LogP contribution >= 0.6 is 0 Å². The Bertz CT molecular complexity index is 376. The number of ether oxygens (including phenoxy) is 1. The smallest absolute Gasteiger partial charge is 0.231 e. The van der Waals surface area contributed by atoms with Gasteiger partial charge < -0.3 is 14.6 Å². The summed E-state index contributed by atoms with van der Waals surface area (Å²) in [5.74, 6) is 2.23. The van der Waals surface area contributed by atoms with E-state index in [1.165, 1.54) is 0 Å². The number of rotatable bonds is 4. The van der Waals surface area contributed by atoms with E-state index in [9.17, 15) is 0 Å². The van der Waals surface area contributed by atoms with Gasteiger partial charge in [0.1, 0.15) is 5.60 Å². The van der Waals surface area contributed by atoms with Crippen LogP contribution in [0.3, 0.4) is 0 Å². The lowest BCUT2D eigenvalue weighted by molar-refractivity contribution is -0.0221. The first kappa shape index (κ1) is 12.5. The number of nitrogens with one attached hydrogen (secondary N) is 1. The summed E-state index contributed by atoms with van der Waals surface area (Å²) in [6, 6.07) is 0. The molecule has 1 aliphatic rings. The van der Waals surface area contributed by atoms with Gasteiger partial charge in [0.2, 0.25) is 11.7 Å².